The van der Waals surface area contributed by atoms with Crippen LogP contribution in [0.3, 0.4) is 0 Å². The van der Waals surface area contributed by atoms with Crippen molar-refractivity contribution in [3.63, 3.8) is 0 Å². The summed E-state index contributed by atoms with van der Waals surface area (Å²) in [5.41, 5.74) is 0.0373. The summed E-state index contributed by atoms with van der Waals surface area (Å²) in [4.78, 5) is 27.1. The maximum absolute atomic E-state index is 13.8. The molecule has 0 aliphatic carbocycles. The maximum Gasteiger partial charge on any atom is 0.356 e. The van der Waals surface area contributed by atoms with Gasteiger partial charge in [0.05, 0.1) is 30.7 Å². The van der Waals surface area contributed by atoms with Crippen LogP contribution in [0.4, 0.5) is 4.39 Å². The van der Waals surface area contributed by atoms with Gasteiger partial charge in [0, 0.05) is 0 Å². The van der Waals surface area contributed by atoms with Crippen molar-refractivity contribution in [3.8, 4) is 0 Å². The zero-order valence-electron chi connectivity index (χ0n) is 10.3. The van der Waals surface area contributed by atoms with Crippen LogP contribution in [0, 0.1) is 5.82 Å². The quantitative estimate of drug-likeness (QED) is 0.775. The lowest BCUT2D eigenvalue weighted by atomic mass is 10.1. The number of halogens is 1. The highest BCUT2D eigenvalue weighted by Gasteiger charge is 2.19. The van der Waals surface area contributed by atoms with E-state index >= 15 is 0 Å². The van der Waals surface area contributed by atoms with Crippen LogP contribution in [0.2, 0.25) is 0 Å². The number of hydrogen-bond donors (Lipinski definition) is 0. The molecule has 0 aliphatic rings. The molecule has 0 spiro atoms. The highest BCUT2D eigenvalue weighted by molar-refractivity contribution is 6.06. The van der Waals surface area contributed by atoms with Crippen molar-refractivity contribution >= 4 is 22.8 Å². The van der Waals surface area contributed by atoms with Gasteiger partial charge in [-0.1, -0.05) is 6.07 Å². The zero-order valence-corrected chi connectivity index (χ0v) is 10.3. The van der Waals surface area contributed by atoms with E-state index in [0.29, 0.717) is 0 Å². The molecule has 1 aromatic heterocycles. The molecular weight excluding hydrogens is 253 g/mol. The van der Waals surface area contributed by atoms with Gasteiger partial charge in [-0.2, -0.15) is 0 Å². The molecule has 98 valence electrons. The highest BCUT2D eigenvalue weighted by atomic mass is 19.1. The number of nitrogens with zero attached hydrogens (tertiary/aromatic N) is 1. The molecule has 0 atom stereocenters. The van der Waals surface area contributed by atoms with E-state index in [0.717, 1.165) is 6.07 Å². The van der Waals surface area contributed by atoms with Crippen LogP contribution < -0.4 is 0 Å². The summed E-state index contributed by atoms with van der Waals surface area (Å²) < 4.78 is 22.9. The normalized spacial score (nSPS) is 10.3. The number of methoxy groups -OCH3 is 2. The number of aromatic nitrogens is 1. The first-order valence-corrected chi connectivity index (χ1v) is 5.34. The summed E-state index contributed by atoms with van der Waals surface area (Å²) in [5.74, 6) is -2.07. The molecule has 0 saturated carbocycles. The molecule has 0 amide bonds. The number of hydrogen-bond acceptors (Lipinski definition) is 5. The molecule has 5 nitrogen and oxygen atoms in total. The van der Waals surface area contributed by atoms with Crippen LogP contribution in [0.1, 0.15) is 20.8 Å². The Hall–Kier alpha value is -2.50. The topological polar surface area (TPSA) is 65.5 Å². The zero-order chi connectivity index (χ0) is 14.0. The second kappa shape index (κ2) is 5.01. The fourth-order valence-corrected chi connectivity index (χ4v) is 1.72. The molecule has 0 bridgehead atoms. The van der Waals surface area contributed by atoms with E-state index < -0.39 is 17.8 Å². The average Bonchev–Trinajstić information content (AvgIpc) is 2.44. The van der Waals surface area contributed by atoms with E-state index in [-0.39, 0.29) is 22.2 Å². The summed E-state index contributed by atoms with van der Waals surface area (Å²) in [7, 11) is 2.37. The fraction of sp³-hybridized carbons (Fsp3) is 0.154. The molecule has 0 aliphatic heterocycles. The van der Waals surface area contributed by atoms with Gasteiger partial charge in [-0.05, 0) is 18.2 Å². The largest absolute Gasteiger partial charge is 0.465 e. The number of esters is 2. The van der Waals surface area contributed by atoms with Gasteiger partial charge >= 0.3 is 11.9 Å². The van der Waals surface area contributed by atoms with Crippen molar-refractivity contribution < 1.29 is 23.5 Å². The molecule has 2 aromatic rings. The number of rotatable bonds is 2. The maximum atomic E-state index is 13.8. The first kappa shape index (κ1) is 12.9. The Morgan fingerprint density at radius 2 is 1.84 bits per heavy atom. The Kier molecular flexibility index (Phi) is 3.41. The predicted molar refractivity (Wildman–Crippen MR) is 64.4 cm³/mol. The Morgan fingerprint density at radius 3 is 2.47 bits per heavy atom. The molecule has 0 radical (unpaired) electrons. The minimum absolute atomic E-state index is 0.0157. The van der Waals surface area contributed by atoms with E-state index in [4.69, 9.17) is 0 Å². The molecule has 0 fully saturated rings. The number of ether oxygens (including phenoxy) is 2. The molecule has 19 heavy (non-hydrogen) atoms. The van der Waals surface area contributed by atoms with Crippen LogP contribution in [0.5, 0.6) is 0 Å². The second-order valence-electron chi connectivity index (χ2n) is 3.67. The summed E-state index contributed by atoms with van der Waals surface area (Å²) in [6, 6.07) is 5.29. The van der Waals surface area contributed by atoms with Gasteiger partial charge in [-0.15, -0.1) is 0 Å². The van der Waals surface area contributed by atoms with Crippen LogP contribution >= 0.6 is 0 Å². The van der Waals surface area contributed by atoms with Gasteiger partial charge in [-0.3, -0.25) is 0 Å². The monoisotopic (exact) mass is 263 g/mol. The van der Waals surface area contributed by atoms with Crippen LogP contribution in [0.15, 0.2) is 24.3 Å². The average molecular weight is 263 g/mol. The molecule has 1 aromatic carbocycles. The predicted octanol–water partition coefficient (Wildman–Crippen LogP) is 1.95. The Morgan fingerprint density at radius 1 is 1.16 bits per heavy atom. The Labute approximate surface area is 108 Å². The Balaban J connectivity index is 2.80. The third-order valence-corrected chi connectivity index (χ3v) is 2.58. The minimum Gasteiger partial charge on any atom is -0.465 e. The van der Waals surface area contributed by atoms with E-state index in [1.165, 1.54) is 32.4 Å². The van der Waals surface area contributed by atoms with Crippen molar-refractivity contribution in [3.05, 3.63) is 41.3 Å². The molecule has 0 saturated heterocycles. The Bertz CT molecular complexity index is 669. The first-order chi connectivity index (χ1) is 9.08. The SMILES string of the molecule is COC(=O)c1cc(C(=O)OC)c2c(F)cccc2n1. The molecular formula is C13H10FNO4. The lowest BCUT2D eigenvalue weighted by molar-refractivity contribution is 0.0594. The van der Waals surface area contributed by atoms with Gasteiger partial charge in [0.1, 0.15) is 11.5 Å². The van der Waals surface area contributed by atoms with Crippen LogP contribution in [0.25, 0.3) is 10.9 Å². The second-order valence-corrected chi connectivity index (χ2v) is 3.67. The fourth-order valence-electron chi connectivity index (χ4n) is 1.72. The van der Waals surface area contributed by atoms with E-state index in [1.807, 2.05) is 0 Å². The molecule has 0 unspecified atom stereocenters. The number of carbonyl (C=O) groups excluding carboxylic acids is 2. The minimum atomic E-state index is -0.748. The molecule has 0 N–H and O–H groups in total. The first-order valence-electron chi connectivity index (χ1n) is 5.34. The molecule has 6 heteroatoms. The number of carbonyl (C=O) groups is 2. The molecule has 2 rings (SSSR count). The van der Waals surface area contributed by atoms with Gasteiger partial charge in [0.15, 0.2) is 0 Å². The van der Waals surface area contributed by atoms with Crippen LogP contribution in [-0.4, -0.2) is 31.1 Å². The lowest BCUT2D eigenvalue weighted by Gasteiger charge is -2.07. The number of fused-ring (bicyclic) bond motifs is 1. The van der Waals surface area contributed by atoms with Gasteiger partial charge < -0.3 is 9.47 Å². The summed E-state index contributed by atoms with van der Waals surface area (Å²) >= 11 is 0. The standard InChI is InChI=1S/C13H10FNO4/c1-18-12(16)7-6-10(13(17)19-2)15-9-5-3-4-8(14)11(7)9/h3-6H,1-2H3. The number of pyridine rings is 1. The van der Waals surface area contributed by atoms with Crippen molar-refractivity contribution in [1.29, 1.82) is 0 Å². The van der Waals surface area contributed by atoms with E-state index in [1.54, 1.807) is 0 Å². The van der Waals surface area contributed by atoms with Gasteiger partial charge in [0.25, 0.3) is 0 Å². The van der Waals surface area contributed by atoms with E-state index in [2.05, 4.69) is 14.5 Å². The summed E-state index contributed by atoms with van der Waals surface area (Å²) in [6.45, 7) is 0. The lowest BCUT2D eigenvalue weighted by Crippen LogP contribution is -2.10. The third kappa shape index (κ3) is 2.24. The third-order valence-electron chi connectivity index (χ3n) is 2.58. The van der Waals surface area contributed by atoms with Crippen molar-refractivity contribution in [2.24, 2.45) is 0 Å². The smallest absolute Gasteiger partial charge is 0.356 e. The van der Waals surface area contributed by atoms with Crippen molar-refractivity contribution in [2.45, 2.75) is 0 Å². The van der Waals surface area contributed by atoms with Gasteiger partial charge in [-0.25, -0.2) is 19.0 Å². The summed E-state index contributed by atoms with van der Waals surface area (Å²) in [5, 5.41) is 0.0157. The number of benzene rings is 1. The van der Waals surface area contributed by atoms with E-state index in [9.17, 15) is 14.0 Å². The van der Waals surface area contributed by atoms with Crippen molar-refractivity contribution in [1.82, 2.24) is 4.98 Å². The van der Waals surface area contributed by atoms with Crippen LogP contribution in [-0.2, 0) is 9.47 Å². The molecule has 1 heterocycles. The summed E-state index contributed by atoms with van der Waals surface area (Å²) in [6.07, 6.45) is 0. The van der Waals surface area contributed by atoms with Crippen molar-refractivity contribution in [2.75, 3.05) is 14.2 Å². The highest BCUT2D eigenvalue weighted by Crippen LogP contribution is 2.22. The van der Waals surface area contributed by atoms with Gasteiger partial charge in [0.2, 0.25) is 0 Å².